The van der Waals surface area contributed by atoms with Gasteiger partial charge in [-0.25, -0.2) is 8.78 Å². The van der Waals surface area contributed by atoms with E-state index in [0.717, 1.165) is 38.4 Å². The molecule has 2 heterocycles. The van der Waals surface area contributed by atoms with E-state index in [4.69, 9.17) is 0 Å². The minimum atomic E-state index is -2.25. The highest BCUT2D eigenvalue weighted by Crippen LogP contribution is 2.19. The lowest BCUT2D eigenvalue weighted by atomic mass is 10.1. The van der Waals surface area contributed by atoms with Gasteiger partial charge in [0.05, 0.1) is 6.54 Å². The lowest BCUT2D eigenvalue weighted by molar-refractivity contribution is 0.0744. The van der Waals surface area contributed by atoms with Crippen LogP contribution in [0.4, 0.5) is 8.78 Å². The molecule has 8 heteroatoms. The van der Waals surface area contributed by atoms with Crippen LogP contribution >= 0.6 is 24.0 Å². The molecule has 0 spiro atoms. The van der Waals surface area contributed by atoms with E-state index in [1.54, 1.807) is 7.05 Å². The number of rotatable bonds is 7. The average Bonchev–Trinajstić information content (AvgIpc) is 3.14. The predicted octanol–water partition coefficient (Wildman–Crippen LogP) is 3.16. The number of guanidine groups is 1. The zero-order valence-electron chi connectivity index (χ0n) is 17.2. The van der Waals surface area contributed by atoms with Crippen LogP contribution in [0.3, 0.4) is 0 Å². The highest BCUT2D eigenvalue weighted by Gasteiger charge is 2.25. The maximum Gasteiger partial charge on any atom is 0.251 e. The first-order chi connectivity index (χ1) is 13.6. The third-order valence-corrected chi connectivity index (χ3v) is 5.78. The van der Waals surface area contributed by atoms with Crippen LogP contribution in [0.25, 0.3) is 0 Å². The number of piperidine rings is 1. The highest BCUT2D eigenvalue weighted by molar-refractivity contribution is 14.0. The van der Waals surface area contributed by atoms with Crippen molar-refractivity contribution in [2.45, 2.75) is 50.7 Å². The molecule has 5 nitrogen and oxygen atoms in total. The van der Waals surface area contributed by atoms with Gasteiger partial charge in [-0.05, 0) is 37.8 Å². The first kappa shape index (κ1) is 24.3. The van der Waals surface area contributed by atoms with Gasteiger partial charge in [-0.2, -0.15) is 0 Å². The topological polar surface area (TPSA) is 42.9 Å². The molecule has 2 aliphatic heterocycles. The van der Waals surface area contributed by atoms with Gasteiger partial charge in [-0.1, -0.05) is 30.3 Å². The summed E-state index contributed by atoms with van der Waals surface area (Å²) in [6, 6.07) is 11.4. The molecular weight excluding hydrogens is 487 g/mol. The SMILES string of the molecule is CN=C(NCC1CCCN1Cc1ccccc1)NC1CCN(CC(F)F)CC1.I. The highest BCUT2D eigenvalue weighted by atomic mass is 127. The van der Waals surface area contributed by atoms with Gasteiger partial charge < -0.3 is 10.6 Å². The van der Waals surface area contributed by atoms with Crippen molar-refractivity contribution in [3.63, 3.8) is 0 Å². The minimum absolute atomic E-state index is 0. The summed E-state index contributed by atoms with van der Waals surface area (Å²) in [5.41, 5.74) is 1.35. The summed E-state index contributed by atoms with van der Waals surface area (Å²) in [5.74, 6) is 0.818. The van der Waals surface area contributed by atoms with Gasteiger partial charge in [0.25, 0.3) is 6.43 Å². The number of hydrogen-bond acceptors (Lipinski definition) is 3. The van der Waals surface area contributed by atoms with Gasteiger partial charge >= 0.3 is 0 Å². The van der Waals surface area contributed by atoms with Crippen molar-refractivity contribution in [1.29, 1.82) is 0 Å². The molecule has 2 saturated heterocycles. The number of nitrogens with one attached hydrogen (secondary N) is 2. The Hall–Kier alpha value is -1.00. The van der Waals surface area contributed by atoms with Gasteiger partial charge in [0.2, 0.25) is 0 Å². The second kappa shape index (κ2) is 12.6. The molecule has 0 aliphatic carbocycles. The Bertz CT molecular complexity index is 608. The lowest BCUT2D eigenvalue weighted by Gasteiger charge is -2.33. The van der Waals surface area contributed by atoms with Crippen molar-refractivity contribution in [1.82, 2.24) is 20.4 Å². The zero-order chi connectivity index (χ0) is 19.8. The lowest BCUT2D eigenvalue weighted by Crippen LogP contribution is -2.51. The normalized spacial score (nSPS) is 21.9. The maximum atomic E-state index is 12.5. The van der Waals surface area contributed by atoms with E-state index in [9.17, 15) is 8.78 Å². The molecule has 1 aromatic rings. The maximum absolute atomic E-state index is 12.5. The Morgan fingerprint density at radius 2 is 1.86 bits per heavy atom. The van der Waals surface area contributed by atoms with Crippen LogP contribution in [-0.4, -0.2) is 74.0 Å². The molecule has 1 atom stereocenters. The van der Waals surface area contributed by atoms with Gasteiger partial charge in [0, 0.05) is 45.3 Å². The summed E-state index contributed by atoms with van der Waals surface area (Å²) in [6.45, 7) is 4.31. The van der Waals surface area contributed by atoms with E-state index < -0.39 is 6.43 Å². The number of hydrogen-bond donors (Lipinski definition) is 2. The van der Waals surface area contributed by atoms with Crippen LogP contribution in [0.15, 0.2) is 35.3 Å². The fourth-order valence-electron chi connectivity index (χ4n) is 4.21. The molecule has 29 heavy (non-hydrogen) atoms. The zero-order valence-corrected chi connectivity index (χ0v) is 19.5. The van der Waals surface area contributed by atoms with Gasteiger partial charge in [0.15, 0.2) is 5.96 Å². The van der Waals surface area contributed by atoms with E-state index in [2.05, 4.69) is 50.9 Å². The molecule has 164 valence electrons. The number of nitrogens with zero attached hydrogens (tertiary/aromatic N) is 3. The predicted molar refractivity (Wildman–Crippen MR) is 125 cm³/mol. The van der Waals surface area contributed by atoms with E-state index in [0.29, 0.717) is 25.2 Å². The fourth-order valence-corrected chi connectivity index (χ4v) is 4.21. The van der Waals surface area contributed by atoms with Crippen molar-refractivity contribution < 1.29 is 8.78 Å². The van der Waals surface area contributed by atoms with Crippen LogP contribution in [0, 0.1) is 0 Å². The van der Waals surface area contributed by atoms with Crippen molar-refractivity contribution in [2.24, 2.45) is 4.99 Å². The van der Waals surface area contributed by atoms with E-state index in [-0.39, 0.29) is 30.5 Å². The van der Waals surface area contributed by atoms with Crippen molar-refractivity contribution >= 4 is 29.9 Å². The van der Waals surface area contributed by atoms with Gasteiger partial charge in [-0.15, -0.1) is 24.0 Å². The summed E-state index contributed by atoms with van der Waals surface area (Å²) >= 11 is 0. The van der Waals surface area contributed by atoms with Crippen LogP contribution in [0.2, 0.25) is 0 Å². The second-order valence-electron chi connectivity index (χ2n) is 7.82. The molecule has 2 aliphatic rings. The summed E-state index contributed by atoms with van der Waals surface area (Å²) in [4.78, 5) is 8.75. The van der Waals surface area contributed by atoms with Crippen LogP contribution in [0.1, 0.15) is 31.2 Å². The van der Waals surface area contributed by atoms with Crippen molar-refractivity contribution in [3.8, 4) is 0 Å². The molecule has 1 aromatic carbocycles. The summed E-state index contributed by atoms with van der Waals surface area (Å²) in [7, 11) is 1.79. The third kappa shape index (κ3) is 7.97. The number of halogens is 3. The van der Waals surface area contributed by atoms with E-state index in [1.807, 2.05) is 4.90 Å². The first-order valence-corrected chi connectivity index (χ1v) is 10.4. The van der Waals surface area contributed by atoms with E-state index >= 15 is 0 Å². The largest absolute Gasteiger partial charge is 0.355 e. The molecule has 0 radical (unpaired) electrons. The Morgan fingerprint density at radius 3 is 2.52 bits per heavy atom. The fraction of sp³-hybridized carbons (Fsp3) is 0.667. The second-order valence-corrected chi connectivity index (χ2v) is 7.82. The summed E-state index contributed by atoms with van der Waals surface area (Å²) in [6.07, 6.45) is 1.93. The summed E-state index contributed by atoms with van der Waals surface area (Å²) < 4.78 is 25.0. The molecule has 1 unspecified atom stereocenters. The molecular formula is C21H34F2IN5. The third-order valence-electron chi connectivity index (χ3n) is 5.78. The van der Waals surface area contributed by atoms with Crippen LogP contribution < -0.4 is 10.6 Å². The molecule has 0 saturated carbocycles. The molecule has 0 aromatic heterocycles. The number of likely N-dealkylation sites (tertiary alicyclic amines) is 2. The Labute approximate surface area is 190 Å². The Kier molecular flexibility index (Phi) is 10.6. The van der Waals surface area contributed by atoms with E-state index in [1.165, 1.54) is 18.4 Å². The molecule has 2 fully saturated rings. The smallest absolute Gasteiger partial charge is 0.251 e. The first-order valence-electron chi connectivity index (χ1n) is 10.4. The van der Waals surface area contributed by atoms with Gasteiger partial charge in [0.1, 0.15) is 0 Å². The Morgan fingerprint density at radius 1 is 1.14 bits per heavy atom. The van der Waals surface area contributed by atoms with Crippen LogP contribution in [0.5, 0.6) is 0 Å². The van der Waals surface area contributed by atoms with Crippen LogP contribution in [-0.2, 0) is 6.54 Å². The Balaban J connectivity index is 0.00000300. The average molecular weight is 521 g/mol. The molecule has 0 amide bonds. The molecule has 3 rings (SSSR count). The number of aliphatic imine (C=N–C) groups is 1. The molecule has 0 bridgehead atoms. The van der Waals surface area contributed by atoms with Gasteiger partial charge in [-0.3, -0.25) is 14.8 Å². The standard InChI is InChI=1S/C21H33F2N5.HI/c1-24-21(26-18-9-12-27(13-10-18)16-20(22)23)25-14-19-8-5-11-28(19)15-17-6-3-2-4-7-17;/h2-4,6-7,18-20H,5,8-16H2,1H3,(H2,24,25,26);1H. The monoisotopic (exact) mass is 521 g/mol. The van der Waals surface area contributed by atoms with Crippen molar-refractivity contribution in [2.75, 3.05) is 39.8 Å². The van der Waals surface area contributed by atoms with Crippen molar-refractivity contribution in [3.05, 3.63) is 35.9 Å². The minimum Gasteiger partial charge on any atom is -0.355 e. The number of alkyl halides is 2. The summed E-state index contributed by atoms with van der Waals surface area (Å²) in [5, 5.41) is 6.96. The number of benzene rings is 1. The molecule has 2 N–H and O–H groups in total. The quantitative estimate of drug-likeness (QED) is 0.329.